The molecular weight excluding hydrogens is 162 g/mol. The van der Waals surface area contributed by atoms with Crippen LogP contribution in [0.5, 0.6) is 0 Å². The van der Waals surface area contributed by atoms with Crippen molar-refractivity contribution < 1.29 is 4.84 Å². The summed E-state index contributed by atoms with van der Waals surface area (Å²) < 4.78 is 0. The Labute approximate surface area is 81.7 Å². The fourth-order valence-electron chi connectivity index (χ4n) is 0.773. The molecule has 0 heterocycles. The van der Waals surface area contributed by atoms with Crippen molar-refractivity contribution in [1.82, 2.24) is 0 Å². The molecule has 0 N–H and O–H groups in total. The lowest BCUT2D eigenvalue weighted by molar-refractivity contribution is 0.118. The normalized spacial score (nSPS) is 13.7. The molecule has 0 saturated heterocycles. The van der Waals surface area contributed by atoms with Crippen LogP contribution in [0.25, 0.3) is 0 Å². The molecular formula is C11H21NO. The number of rotatable bonds is 5. The summed E-state index contributed by atoms with van der Waals surface area (Å²) in [6.07, 6.45) is 3.12. The number of hydrogen-bond donors (Lipinski definition) is 0. The highest BCUT2D eigenvalue weighted by atomic mass is 16.6. The van der Waals surface area contributed by atoms with Gasteiger partial charge in [-0.3, -0.25) is 0 Å². The van der Waals surface area contributed by atoms with Crippen molar-refractivity contribution in [2.24, 2.45) is 11.1 Å². The minimum absolute atomic E-state index is 0.535. The lowest BCUT2D eigenvalue weighted by Crippen LogP contribution is -1.99. The molecule has 2 nitrogen and oxygen atoms in total. The van der Waals surface area contributed by atoms with E-state index >= 15 is 0 Å². The summed E-state index contributed by atoms with van der Waals surface area (Å²) in [4.78, 5) is 5.15. The molecule has 2 heteroatoms. The van der Waals surface area contributed by atoms with Crippen molar-refractivity contribution in [1.29, 1.82) is 0 Å². The van der Waals surface area contributed by atoms with Gasteiger partial charge in [-0.15, -0.1) is 0 Å². The quantitative estimate of drug-likeness (QED) is 0.473. The molecule has 0 fully saturated rings. The highest BCUT2D eigenvalue weighted by molar-refractivity contribution is 5.92. The predicted octanol–water partition coefficient (Wildman–Crippen LogP) is 3.39. The topological polar surface area (TPSA) is 21.6 Å². The monoisotopic (exact) mass is 183 g/mol. The van der Waals surface area contributed by atoms with Gasteiger partial charge in [0.05, 0.1) is 5.71 Å². The molecule has 0 saturated carbocycles. The maximum absolute atomic E-state index is 5.15. The molecule has 0 aliphatic carbocycles. The van der Waals surface area contributed by atoms with Crippen LogP contribution in [0.2, 0.25) is 0 Å². The third-order valence-electron chi connectivity index (χ3n) is 1.63. The molecule has 0 aromatic carbocycles. The molecule has 0 atom stereocenters. The van der Waals surface area contributed by atoms with Crippen LogP contribution in [-0.4, -0.2) is 12.3 Å². The SMILES string of the molecule is CC/C(C)=C\C(C)=N/OCC(C)C. The smallest absolute Gasteiger partial charge is 0.119 e. The van der Waals surface area contributed by atoms with E-state index in [-0.39, 0.29) is 0 Å². The molecule has 0 rings (SSSR count). The van der Waals surface area contributed by atoms with E-state index in [9.17, 15) is 0 Å². The van der Waals surface area contributed by atoms with E-state index in [1.54, 1.807) is 0 Å². The average molecular weight is 183 g/mol. The molecule has 0 radical (unpaired) electrons. The Hall–Kier alpha value is -0.790. The Bertz CT molecular complexity index is 192. The van der Waals surface area contributed by atoms with Crippen molar-refractivity contribution in [3.05, 3.63) is 11.6 Å². The van der Waals surface area contributed by atoms with Gasteiger partial charge in [-0.05, 0) is 32.3 Å². The highest BCUT2D eigenvalue weighted by Crippen LogP contribution is 1.99. The second-order valence-corrected chi connectivity index (χ2v) is 3.77. The molecule has 0 aliphatic rings. The van der Waals surface area contributed by atoms with E-state index in [1.807, 2.05) is 6.92 Å². The number of hydrogen-bond acceptors (Lipinski definition) is 2. The van der Waals surface area contributed by atoms with E-state index in [2.05, 4.69) is 38.9 Å². The Morgan fingerprint density at radius 1 is 1.38 bits per heavy atom. The summed E-state index contributed by atoms with van der Waals surface area (Å²) in [5, 5.41) is 3.99. The molecule has 0 amide bonds. The Balaban J connectivity index is 3.88. The van der Waals surface area contributed by atoms with Gasteiger partial charge in [0.25, 0.3) is 0 Å². The van der Waals surface area contributed by atoms with Gasteiger partial charge < -0.3 is 4.84 Å². The zero-order valence-electron chi connectivity index (χ0n) is 9.42. The van der Waals surface area contributed by atoms with E-state index in [0.29, 0.717) is 12.5 Å². The summed E-state index contributed by atoms with van der Waals surface area (Å²) in [6.45, 7) is 11.1. The zero-order chi connectivity index (χ0) is 10.3. The van der Waals surface area contributed by atoms with Gasteiger partial charge in [-0.25, -0.2) is 0 Å². The molecule has 0 spiro atoms. The fourth-order valence-corrected chi connectivity index (χ4v) is 0.773. The first-order valence-corrected chi connectivity index (χ1v) is 4.90. The second-order valence-electron chi connectivity index (χ2n) is 3.77. The van der Waals surface area contributed by atoms with Crippen molar-refractivity contribution in [2.45, 2.75) is 41.0 Å². The number of nitrogens with zero attached hydrogens (tertiary/aromatic N) is 1. The van der Waals surface area contributed by atoms with Crippen LogP contribution in [0.4, 0.5) is 0 Å². The zero-order valence-corrected chi connectivity index (χ0v) is 9.42. The van der Waals surface area contributed by atoms with Gasteiger partial charge in [-0.1, -0.05) is 31.5 Å². The summed E-state index contributed by atoms with van der Waals surface area (Å²) in [6, 6.07) is 0. The summed E-state index contributed by atoms with van der Waals surface area (Å²) in [7, 11) is 0. The van der Waals surface area contributed by atoms with Gasteiger partial charge in [0.1, 0.15) is 6.61 Å². The largest absolute Gasteiger partial charge is 0.395 e. The van der Waals surface area contributed by atoms with Crippen LogP contribution in [0.3, 0.4) is 0 Å². The predicted molar refractivity (Wildman–Crippen MR) is 57.9 cm³/mol. The van der Waals surface area contributed by atoms with Crippen molar-refractivity contribution in [3.8, 4) is 0 Å². The van der Waals surface area contributed by atoms with Crippen LogP contribution in [0.15, 0.2) is 16.8 Å². The first-order valence-electron chi connectivity index (χ1n) is 4.90. The van der Waals surface area contributed by atoms with Gasteiger partial charge in [0, 0.05) is 0 Å². The van der Waals surface area contributed by atoms with E-state index in [0.717, 1.165) is 12.1 Å². The fraction of sp³-hybridized carbons (Fsp3) is 0.727. The molecule has 0 aromatic rings. The van der Waals surface area contributed by atoms with Gasteiger partial charge in [-0.2, -0.15) is 0 Å². The van der Waals surface area contributed by atoms with E-state index in [4.69, 9.17) is 4.84 Å². The highest BCUT2D eigenvalue weighted by Gasteiger charge is 1.92. The summed E-state index contributed by atoms with van der Waals surface area (Å²) in [5.74, 6) is 0.535. The molecule has 13 heavy (non-hydrogen) atoms. The Morgan fingerprint density at radius 2 is 2.00 bits per heavy atom. The maximum atomic E-state index is 5.15. The van der Waals surface area contributed by atoms with E-state index < -0.39 is 0 Å². The standard InChI is InChI=1S/C11H21NO/c1-6-10(4)7-11(5)12-13-8-9(2)3/h7,9H,6,8H2,1-5H3/b10-7-,12-11-. The van der Waals surface area contributed by atoms with Crippen molar-refractivity contribution in [3.63, 3.8) is 0 Å². The molecule has 0 unspecified atom stereocenters. The van der Waals surface area contributed by atoms with Gasteiger partial charge in [0.2, 0.25) is 0 Å². The van der Waals surface area contributed by atoms with Crippen molar-refractivity contribution >= 4 is 5.71 Å². The second kappa shape index (κ2) is 6.70. The van der Waals surface area contributed by atoms with Crippen molar-refractivity contribution in [2.75, 3.05) is 6.61 Å². The van der Waals surface area contributed by atoms with Gasteiger partial charge in [0.15, 0.2) is 0 Å². The first-order chi connectivity index (χ1) is 6.06. The Morgan fingerprint density at radius 3 is 2.46 bits per heavy atom. The lowest BCUT2D eigenvalue weighted by atomic mass is 10.2. The molecule has 0 bridgehead atoms. The first kappa shape index (κ1) is 12.2. The molecule has 0 aromatic heterocycles. The average Bonchev–Trinajstić information content (AvgIpc) is 2.03. The van der Waals surface area contributed by atoms with Crippen LogP contribution in [0.1, 0.15) is 41.0 Å². The third kappa shape index (κ3) is 7.57. The minimum atomic E-state index is 0.535. The van der Waals surface area contributed by atoms with E-state index in [1.165, 1.54) is 5.57 Å². The number of oxime groups is 1. The van der Waals surface area contributed by atoms with Gasteiger partial charge >= 0.3 is 0 Å². The Kier molecular flexibility index (Phi) is 6.29. The van der Waals surface area contributed by atoms with Crippen LogP contribution >= 0.6 is 0 Å². The minimum Gasteiger partial charge on any atom is -0.395 e. The summed E-state index contributed by atoms with van der Waals surface area (Å²) in [5.41, 5.74) is 2.27. The summed E-state index contributed by atoms with van der Waals surface area (Å²) >= 11 is 0. The van der Waals surface area contributed by atoms with Crippen LogP contribution in [-0.2, 0) is 4.84 Å². The maximum Gasteiger partial charge on any atom is 0.119 e. The molecule has 76 valence electrons. The number of allylic oxidation sites excluding steroid dienone is 2. The van der Waals surface area contributed by atoms with Crippen LogP contribution in [0, 0.1) is 5.92 Å². The molecule has 0 aliphatic heterocycles. The lowest BCUT2D eigenvalue weighted by Gasteiger charge is -2.02. The third-order valence-corrected chi connectivity index (χ3v) is 1.63. The van der Waals surface area contributed by atoms with Crippen LogP contribution < -0.4 is 0 Å².